The third-order valence-corrected chi connectivity index (χ3v) is 3.29. The van der Waals surface area contributed by atoms with Gasteiger partial charge in [0.15, 0.2) is 5.78 Å². The quantitative estimate of drug-likeness (QED) is 0.788. The third kappa shape index (κ3) is 2.17. The molecule has 0 bridgehead atoms. The maximum atomic E-state index is 11.8. The molecule has 0 unspecified atom stereocenters. The molecule has 1 fully saturated rings. The van der Waals surface area contributed by atoms with Gasteiger partial charge in [-0.05, 0) is 18.4 Å². The number of benzene rings is 1. The number of carbonyl (C=O) groups is 1. The third-order valence-electron chi connectivity index (χ3n) is 3.29. The SMILES string of the molecule is CC(C)(CO)c1ccc(C(=O)C2CC2)cc1. The van der Waals surface area contributed by atoms with Gasteiger partial charge in [0, 0.05) is 16.9 Å². The minimum absolute atomic E-state index is 0.114. The lowest BCUT2D eigenvalue weighted by atomic mass is 9.85. The van der Waals surface area contributed by atoms with Gasteiger partial charge in [-0.2, -0.15) is 0 Å². The van der Waals surface area contributed by atoms with Crippen molar-refractivity contribution in [1.82, 2.24) is 0 Å². The highest BCUT2D eigenvalue weighted by molar-refractivity contribution is 5.99. The van der Waals surface area contributed by atoms with Crippen molar-refractivity contribution >= 4 is 5.78 Å². The average molecular weight is 218 g/mol. The maximum Gasteiger partial charge on any atom is 0.165 e. The average Bonchev–Trinajstić information content (AvgIpc) is 3.12. The van der Waals surface area contributed by atoms with Crippen molar-refractivity contribution < 1.29 is 9.90 Å². The van der Waals surface area contributed by atoms with Gasteiger partial charge in [-0.15, -0.1) is 0 Å². The Morgan fingerprint density at radius 1 is 1.31 bits per heavy atom. The molecule has 2 nitrogen and oxygen atoms in total. The highest BCUT2D eigenvalue weighted by Crippen LogP contribution is 2.33. The van der Waals surface area contributed by atoms with E-state index < -0.39 is 0 Å². The van der Waals surface area contributed by atoms with Crippen LogP contribution in [0.2, 0.25) is 0 Å². The summed E-state index contributed by atoms with van der Waals surface area (Å²) in [4.78, 5) is 11.8. The van der Waals surface area contributed by atoms with Crippen LogP contribution in [-0.2, 0) is 5.41 Å². The highest BCUT2D eigenvalue weighted by atomic mass is 16.3. The first kappa shape index (κ1) is 11.3. The Hall–Kier alpha value is -1.15. The minimum atomic E-state index is -0.235. The van der Waals surface area contributed by atoms with Gasteiger partial charge < -0.3 is 5.11 Å². The molecule has 0 spiro atoms. The van der Waals surface area contributed by atoms with E-state index in [-0.39, 0.29) is 23.7 Å². The number of ketones is 1. The molecular weight excluding hydrogens is 200 g/mol. The summed E-state index contributed by atoms with van der Waals surface area (Å²) in [5.74, 6) is 0.546. The van der Waals surface area contributed by atoms with Gasteiger partial charge in [0.1, 0.15) is 0 Å². The second-order valence-electron chi connectivity index (χ2n) is 5.26. The Morgan fingerprint density at radius 3 is 2.31 bits per heavy atom. The Balaban J connectivity index is 2.18. The summed E-state index contributed by atoms with van der Waals surface area (Å²) >= 11 is 0. The Bertz CT molecular complexity index is 386. The maximum absolute atomic E-state index is 11.8. The first-order valence-electron chi connectivity index (χ1n) is 5.80. The van der Waals surface area contributed by atoms with E-state index in [0.29, 0.717) is 0 Å². The molecule has 2 rings (SSSR count). The van der Waals surface area contributed by atoms with E-state index in [1.54, 1.807) is 0 Å². The number of hydrogen-bond donors (Lipinski definition) is 1. The number of aliphatic hydroxyl groups excluding tert-OH is 1. The molecule has 0 heterocycles. The molecule has 0 radical (unpaired) electrons. The van der Waals surface area contributed by atoms with Gasteiger partial charge in [-0.1, -0.05) is 38.1 Å². The first-order valence-corrected chi connectivity index (χ1v) is 5.80. The van der Waals surface area contributed by atoms with Crippen LogP contribution in [0, 0.1) is 5.92 Å². The number of hydrogen-bond acceptors (Lipinski definition) is 2. The summed E-state index contributed by atoms with van der Waals surface area (Å²) in [7, 11) is 0. The summed E-state index contributed by atoms with van der Waals surface area (Å²) in [6, 6.07) is 7.67. The fraction of sp³-hybridized carbons (Fsp3) is 0.500. The van der Waals surface area contributed by atoms with Gasteiger partial charge in [-0.25, -0.2) is 0 Å². The molecule has 16 heavy (non-hydrogen) atoms. The zero-order chi connectivity index (χ0) is 11.8. The molecule has 1 aromatic carbocycles. The number of rotatable bonds is 4. The summed E-state index contributed by atoms with van der Waals surface area (Å²) in [5, 5.41) is 9.26. The van der Waals surface area contributed by atoms with Crippen molar-refractivity contribution in [3.8, 4) is 0 Å². The van der Waals surface area contributed by atoms with Crippen LogP contribution in [0.25, 0.3) is 0 Å². The molecule has 0 atom stereocenters. The molecule has 1 aromatic rings. The minimum Gasteiger partial charge on any atom is -0.395 e. The Morgan fingerprint density at radius 2 is 1.88 bits per heavy atom. The summed E-state index contributed by atoms with van der Waals surface area (Å²) in [6.07, 6.45) is 2.09. The van der Waals surface area contributed by atoms with E-state index in [1.165, 1.54) is 0 Å². The monoisotopic (exact) mass is 218 g/mol. The molecular formula is C14H18O2. The second-order valence-corrected chi connectivity index (χ2v) is 5.26. The molecule has 1 N–H and O–H groups in total. The van der Waals surface area contributed by atoms with Crippen LogP contribution < -0.4 is 0 Å². The van der Waals surface area contributed by atoms with E-state index >= 15 is 0 Å². The summed E-state index contributed by atoms with van der Waals surface area (Å²) in [5.41, 5.74) is 1.64. The molecule has 1 aliphatic carbocycles. The zero-order valence-electron chi connectivity index (χ0n) is 9.86. The van der Waals surface area contributed by atoms with E-state index in [0.717, 1.165) is 24.0 Å². The molecule has 0 aromatic heterocycles. The van der Waals surface area contributed by atoms with Crippen LogP contribution in [-0.4, -0.2) is 17.5 Å². The molecule has 0 amide bonds. The van der Waals surface area contributed by atoms with Gasteiger partial charge >= 0.3 is 0 Å². The van der Waals surface area contributed by atoms with Crippen molar-refractivity contribution in [2.75, 3.05) is 6.61 Å². The van der Waals surface area contributed by atoms with Crippen LogP contribution in [0.15, 0.2) is 24.3 Å². The zero-order valence-corrected chi connectivity index (χ0v) is 9.86. The van der Waals surface area contributed by atoms with Crippen molar-refractivity contribution in [1.29, 1.82) is 0 Å². The first-order chi connectivity index (χ1) is 7.54. The van der Waals surface area contributed by atoms with E-state index in [4.69, 9.17) is 0 Å². The number of aliphatic hydroxyl groups is 1. The second kappa shape index (κ2) is 4.02. The van der Waals surface area contributed by atoms with Crippen LogP contribution in [0.5, 0.6) is 0 Å². The predicted octanol–water partition coefficient (Wildman–Crippen LogP) is 2.55. The van der Waals surface area contributed by atoms with Crippen molar-refractivity contribution in [2.24, 2.45) is 5.92 Å². The molecule has 86 valence electrons. The lowest BCUT2D eigenvalue weighted by molar-refractivity contribution is 0.0967. The van der Waals surface area contributed by atoms with Crippen LogP contribution in [0.3, 0.4) is 0 Å². The highest BCUT2D eigenvalue weighted by Gasteiger charge is 2.30. The number of Topliss-reactive ketones (excluding diaryl/α,β-unsaturated/α-hetero) is 1. The van der Waals surface area contributed by atoms with E-state index in [2.05, 4.69) is 0 Å². The standard InChI is InChI=1S/C14H18O2/c1-14(2,9-15)12-7-5-11(6-8-12)13(16)10-3-4-10/h5-8,10,15H,3-4,9H2,1-2H3. The lowest BCUT2D eigenvalue weighted by Crippen LogP contribution is -2.22. The molecule has 0 aliphatic heterocycles. The lowest BCUT2D eigenvalue weighted by Gasteiger charge is -2.22. The normalized spacial score (nSPS) is 16.2. The topological polar surface area (TPSA) is 37.3 Å². The van der Waals surface area contributed by atoms with E-state index in [1.807, 2.05) is 38.1 Å². The largest absolute Gasteiger partial charge is 0.395 e. The summed E-state index contributed by atoms with van der Waals surface area (Å²) in [6.45, 7) is 4.10. The van der Waals surface area contributed by atoms with Gasteiger partial charge in [0.25, 0.3) is 0 Å². The van der Waals surface area contributed by atoms with Gasteiger partial charge in [0.05, 0.1) is 6.61 Å². The van der Waals surface area contributed by atoms with Crippen LogP contribution in [0.1, 0.15) is 42.6 Å². The van der Waals surface area contributed by atoms with Crippen LogP contribution >= 0.6 is 0 Å². The van der Waals surface area contributed by atoms with Gasteiger partial charge in [0.2, 0.25) is 0 Å². The fourth-order valence-electron chi connectivity index (χ4n) is 1.76. The fourth-order valence-corrected chi connectivity index (χ4v) is 1.76. The van der Waals surface area contributed by atoms with E-state index in [9.17, 15) is 9.90 Å². The van der Waals surface area contributed by atoms with Crippen molar-refractivity contribution in [2.45, 2.75) is 32.1 Å². The molecule has 1 saturated carbocycles. The smallest absolute Gasteiger partial charge is 0.165 e. The van der Waals surface area contributed by atoms with Crippen molar-refractivity contribution in [3.05, 3.63) is 35.4 Å². The molecule has 1 aliphatic rings. The molecule has 0 saturated heterocycles. The molecule has 2 heteroatoms. The van der Waals surface area contributed by atoms with Crippen LogP contribution in [0.4, 0.5) is 0 Å². The van der Waals surface area contributed by atoms with Crippen molar-refractivity contribution in [3.63, 3.8) is 0 Å². The van der Waals surface area contributed by atoms with Gasteiger partial charge in [-0.3, -0.25) is 4.79 Å². The Labute approximate surface area is 96.3 Å². The Kier molecular flexibility index (Phi) is 2.85. The summed E-state index contributed by atoms with van der Waals surface area (Å²) < 4.78 is 0. The number of carbonyl (C=O) groups excluding carboxylic acids is 1. The predicted molar refractivity (Wildman–Crippen MR) is 63.6 cm³/mol.